The summed E-state index contributed by atoms with van der Waals surface area (Å²) in [6, 6.07) is 17.8. The highest BCUT2D eigenvalue weighted by Crippen LogP contribution is 2.11. The van der Waals surface area contributed by atoms with E-state index in [1.54, 1.807) is 4.90 Å². The molecule has 0 bridgehead atoms. The molecule has 1 atom stereocenters. The van der Waals surface area contributed by atoms with Gasteiger partial charge in [0.25, 0.3) is 0 Å². The molecule has 2 N–H and O–H groups in total. The van der Waals surface area contributed by atoms with Crippen LogP contribution in [0.15, 0.2) is 54.6 Å². The number of hydrogen-bond acceptors (Lipinski definition) is 3. The number of benzene rings is 2. The zero-order valence-electron chi connectivity index (χ0n) is 21.3. The molecule has 0 fully saturated rings. The van der Waals surface area contributed by atoms with Crippen LogP contribution in [0.4, 0.5) is 10.5 Å². The van der Waals surface area contributed by atoms with E-state index in [0.29, 0.717) is 13.1 Å². The van der Waals surface area contributed by atoms with E-state index in [9.17, 15) is 9.59 Å². The predicted octanol–water partition coefficient (Wildman–Crippen LogP) is 5.09. The van der Waals surface area contributed by atoms with Gasteiger partial charge in [0.2, 0.25) is 5.91 Å². The average molecular weight is 467 g/mol. The molecule has 0 spiro atoms. The second kappa shape index (κ2) is 15.1. The molecule has 0 aromatic heterocycles. The molecule has 3 amide bonds. The molecule has 0 radical (unpaired) electrons. The second-order valence-electron chi connectivity index (χ2n) is 8.91. The van der Waals surface area contributed by atoms with Gasteiger partial charge in [-0.05, 0) is 76.0 Å². The number of anilines is 1. The van der Waals surface area contributed by atoms with E-state index in [4.69, 9.17) is 0 Å². The Morgan fingerprint density at radius 2 is 1.68 bits per heavy atom. The van der Waals surface area contributed by atoms with Crippen LogP contribution < -0.4 is 10.6 Å². The SMILES string of the molecule is CCN(CC)CCCC(C)NC(=O)CCN(CCc1ccccc1)C(=O)Nc1cccc(C)c1. The number of nitrogens with one attached hydrogen (secondary N) is 2. The highest BCUT2D eigenvalue weighted by molar-refractivity contribution is 5.89. The van der Waals surface area contributed by atoms with E-state index >= 15 is 0 Å². The highest BCUT2D eigenvalue weighted by atomic mass is 16.2. The van der Waals surface area contributed by atoms with Gasteiger partial charge in [-0.1, -0.05) is 56.3 Å². The van der Waals surface area contributed by atoms with E-state index in [1.165, 1.54) is 5.56 Å². The second-order valence-corrected chi connectivity index (χ2v) is 8.91. The monoisotopic (exact) mass is 466 g/mol. The molecule has 0 saturated carbocycles. The maximum atomic E-state index is 13.0. The van der Waals surface area contributed by atoms with Crippen LogP contribution in [0.1, 0.15) is 51.2 Å². The van der Waals surface area contributed by atoms with Crippen molar-refractivity contribution in [1.82, 2.24) is 15.1 Å². The first-order valence-electron chi connectivity index (χ1n) is 12.6. The lowest BCUT2D eigenvalue weighted by Crippen LogP contribution is -2.40. The lowest BCUT2D eigenvalue weighted by Gasteiger charge is -2.24. The van der Waals surface area contributed by atoms with E-state index in [2.05, 4.69) is 48.4 Å². The third-order valence-corrected chi connectivity index (χ3v) is 6.09. The molecule has 34 heavy (non-hydrogen) atoms. The normalized spacial score (nSPS) is 11.8. The lowest BCUT2D eigenvalue weighted by atomic mass is 10.1. The van der Waals surface area contributed by atoms with Crippen LogP contribution in [-0.2, 0) is 11.2 Å². The van der Waals surface area contributed by atoms with Crippen LogP contribution in [0.25, 0.3) is 0 Å². The molecule has 6 heteroatoms. The van der Waals surface area contributed by atoms with Crippen LogP contribution in [0.3, 0.4) is 0 Å². The minimum atomic E-state index is -0.179. The van der Waals surface area contributed by atoms with Gasteiger partial charge in [0, 0.05) is 31.2 Å². The van der Waals surface area contributed by atoms with Gasteiger partial charge in [-0.3, -0.25) is 4.79 Å². The zero-order chi connectivity index (χ0) is 24.8. The van der Waals surface area contributed by atoms with E-state index in [1.807, 2.05) is 49.4 Å². The van der Waals surface area contributed by atoms with Crippen LogP contribution in [0.2, 0.25) is 0 Å². The summed E-state index contributed by atoms with van der Waals surface area (Å²) in [7, 11) is 0. The molecule has 0 aliphatic carbocycles. The average Bonchev–Trinajstić information content (AvgIpc) is 2.82. The predicted molar refractivity (Wildman–Crippen MR) is 141 cm³/mol. The van der Waals surface area contributed by atoms with E-state index in [0.717, 1.165) is 50.1 Å². The topological polar surface area (TPSA) is 64.7 Å². The van der Waals surface area contributed by atoms with Crippen molar-refractivity contribution in [3.63, 3.8) is 0 Å². The summed E-state index contributed by atoms with van der Waals surface area (Å²) >= 11 is 0. The summed E-state index contributed by atoms with van der Waals surface area (Å²) in [6.07, 6.45) is 3.04. The quantitative estimate of drug-likeness (QED) is 0.408. The molecule has 2 aromatic rings. The van der Waals surface area contributed by atoms with Gasteiger partial charge in [-0.25, -0.2) is 4.79 Å². The largest absolute Gasteiger partial charge is 0.354 e. The van der Waals surface area contributed by atoms with Crippen molar-refractivity contribution in [2.75, 3.05) is 38.0 Å². The van der Waals surface area contributed by atoms with Gasteiger partial charge >= 0.3 is 6.03 Å². The fourth-order valence-corrected chi connectivity index (χ4v) is 3.97. The van der Waals surface area contributed by atoms with Crippen LogP contribution >= 0.6 is 0 Å². The Bertz CT molecular complexity index is 868. The van der Waals surface area contributed by atoms with Gasteiger partial charge in [-0.2, -0.15) is 0 Å². The van der Waals surface area contributed by atoms with Gasteiger partial charge in [0.05, 0.1) is 0 Å². The Labute approximate surface area is 205 Å². The molecule has 0 heterocycles. The van der Waals surface area contributed by atoms with E-state index < -0.39 is 0 Å². The number of rotatable bonds is 14. The lowest BCUT2D eigenvalue weighted by molar-refractivity contribution is -0.121. The molecule has 0 aliphatic rings. The van der Waals surface area contributed by atoms with Gasteiger partial charge in [-0.15, -0.1) is 0 Å². The van der Waals surface area contributed by atoms with Crippen LogP contribution in [-0.4, -0.2) is 60.5 Å². The number of hydrogen-bond donors (Lipinski definition) is 2. The zero-order valence-corrected chi connectivity index (χ0v) is 21.3. The first-order chi connectivity index (χ1) is 16.4. The van der Waals surface area contributed by atoms with Crippen molar-refractivity contribution in [2.24, 2.45) is 0 Å². The third-order valence-electron chi connectivity index (χ3n) is 6.09. The van der Waals surface area contributed by atoms with Crippen LogP contribution in [0.5, 0.6) is 0 Å². The summed E-state index contributed by atoms with van der Waals surface area (Å²) in [4.78, 5) is 29.7. The number of aryl methyl sites for hydroxylation is 1. The van der Waals surface area contributed by atoms with Crippen molar-refractivity contribution < 1.29 is 9.59 Å². The Kier molecular flexibility index (Phi) is 12.2. The number of nitrogens with zero attached hydrogens (tertiary/aromatic N) is 2. The van der Waals surface area contributed by atoms with Crippen molar-refractivity contribution in [3.05, 3.63) is 65.7 Å². The molecule has 0 saturated heterocycles. The first kappa shape index (κ1) is 27.4. The molecule has 0 aliphatic heterocycles. The minimum Gasteiger partial charge on any atom is -0.354 e. The summed E-state index contributed by atoms with van der Waals surface area (Å²) < 4.78 is 0. The summed E-state index contributed by atoms with van der Waals surface area (Å²) in [5.74, 6) is -0.0107. The van der Waals surface area contributed by atoms with Crippen molar-refractivity contribution >= 4 is 17.6 Å². The van der Waals surface area contributed by atoms with Crippen LogP contribution in [0, 0.1) is 6.92 Å². The van der Waals surface area contributed by atoms with Crippen molar-refractivity contribution in [2.45, 2.75) is 59.4 Å². The van der Waals surface area contributed by atoms with Gasteiger partial charge < -0.3 is 20.4 Å². The number of urea groups is 1. The fraction of sp³-hybridized carbons (Fsp3) is 0.500. The standard InChI is InChI=1S/C28H42N4O2/c1-5-31(6-2)19-11-13-24(4)29-27(33)18-21-32(20-17-25-14-8-7-9-15-25)28(34)30-26-16-10-12-23(3)22-26/h7-10,12,14-16,22,24H,5-6,11,13,17-21H2,1-4H3,(H,29,33)(H,30,34). The first-order valence-corrected chi connectivity index (χ1v) is 12.6. The van der Waals surface area contributed by atoms with Crippen molar-refractivity contribution in [1.29, 1.82) is 0 Å². The number of carbonyl (C=O) groups is 2. The summed E-state index contributed by atoms with van der Waals surface area (Å²) in [5.41, 5.74) is 3.02. The van der Waals surface area contributed by atoms with E-state index in [-0.39, 0.29) is 24.4 Å². The maximum Gasteiger partial charge on any atom is 0.321 e. The third kappa shape index (κ3) is 10.4. The van der Waals surface area contributed by atoms with Gasteiger partial charge in [0.15, 0.2) is 0 Å². The Morgan fingerprint density at radius 3 is 2.35 bits per heavy atom. The molecule has 186 valence electrons. The minimum absolute atomic E-state index is 0.0107. The smallest absolute Gasteiger partial charge is 0.321 e. The summed E-state index contributed by atoms with van der Waals surface area (Å²) in [5, 5.41) is 6.08. The fourth-order valence-electron chi connectivity index (χ4n) is 3.97. The maximum absolute atomic E-state index is 13.0. The number of carbonyl (C=O) groups excluding carboxylic acids is 2. The van der Waals surface area contributed by atoms with Crippen molar-refractivity contribution in [3.8, 4) is 0 Å². The Hall–Kier alpha value is -2.86. The molecular weight excluding hydrogens is 424 g/mol. The van der Waals surface area contributed by atoms with Gasteiger partial charge in [0.1, 0.15) is 0 Å². The molecule has 6 nitrogen and oxygen atoms in total. The molecule has 1 unspecified atom stereocenters. The summed E-state index contributed by atoms with van der Waals surface area (Å²) in [6.45, 7) is 12.5. The number of amides is 3. The Balaban J connectivity index is 1.88. The molecular formula is C28H42N4O2. The highest BCUT2D eigenvalue weighted by Gasteiger charge is 2.16. The molecule has 2 aromatic carbocycles. The Morgan fingerprint density at radius 1 is 0.941 bits per heavy atom. The molecule has 2 rings (SSSR count).